The Bertz CT molecular complexity index is 377. The van der Waals surface area contributed by atoms with Gasteiger partial charge in [0.2, 0.25) is 5.91 Å². The normalized spacial score (nSPS) is 11.0. The number of amides is 1. The summed E-state index contributed by atoms with van der Waals surface area (Å²) < 4.78 is 24.6. The summed E-state index contributed by atoms with van der Waals surface area (Å²) in [5, 5.41) is 5.71. The van der Waals surface area contributed by atoms with E-state index in [1.165, 1.54) is 12.1 Å². The van der Waals surface area contributed by atoms with Crippen LogP contribution in [-0.4, -0.2) is 18.5 Å². The summed E-state index contributed by atoms with van der Waals surface area (Å²) in [4.78, 5) is 11.3. The van der Waals surface area contributed by atoms with E-state index in [0.717, 1.165) is 5.56 Å². The van der Waals surface area contributed by atoms with Gasteiger partial charge in [-0.15, -0.1) is 0 Å². The van der Waals surface area contributed by atoms with Crippen LogP contribution in [0.3, 0.4) is 0 Å². The predicted octanol–water partition coefficient (Wildman–Crippen LogP) is 2.24. The Labute approximate surface area is 106 Å². The molecule has 2 N–H and O–H groups in total. The Kier molecular flexibility index (Phi) is 5.71. The SMILES string of the molecule is CC(C)NC(=O)CNCc1ccc(C(F)F)cc1. The van der Waals surface area contributed by atoms with E-state index in [1.54, 1.807) is 12.1 Å². The number of rotatable bonds is 6. The van der Waals surface area contributed by atoms with E-state index in [9.17, 15) is 13.6 Å². The second-order valence-electron chi connectivity index (χ2n) is 4.37. The second-order valence-corrected chi connectivity index (χ2v) is 4.37. The lowest BCUT2D eigenvalue weighted by atomic mass is 10.1. The topological polar surface area (TPSA) is 41.1 Å². The van der Waals surface area contributed by atoms with Crippen LogP contribution in [0.2, 0.25) is 0 Å². The lowest BCUT2D eigenvalue weighted by Crippen LogP contribution is -2.37. The number of carbonyl (C=O) groups excluding carboxylic acids is 1. The fourth-order valence-corrected chi connectivity index (χ4v) is 1.47. The number of nitrogens with one attached hydrogen (secondary N) is 2. The van der Waals surface area contributed by atoms with Crippen LogP contribution >= 0.6 is 0 Å². The van der Waals surface area contributed by atoms with E-state index in [0.29, 0.717) is 6.54 Å². The highest BCUT2D eigenvalue weighted by Crippen LogP contribution is 2.18. The van der Waals surface area contributed by atoms with Gasteiger partial charge in [0.1, 0.15) is 0 Å². The molecule has 3 nitrogen and oxygen atoms in total. The van der Waals surface area contributed by atoms with Gasteiger partial charge >= 0.3 is 0 Å². The van der Waals surface area contributed by atoms with Crippen LogP contribution in [0, 0.1) is 0 Å². The van der Waals surface area contributed by atoms with Crippen molar-refractivity contribution in [2.24, 2.45) is 0 Å². The van der Waals surface area contributed by atoms with E-state index in [2.05, 4.69) is 10.6 Å². The van der Waals surface area contributed by atoms with Crippen molar-refractivity contribution in [2.45, 2.75) is 32.9 Å². The van der Waals surface area contributed by atoms with Crippen LogP contribution in [0.25, 0.3) is 0 Å². The van der Waals surface area contributed by atoms with Gasteiger partial charge in [0, 0.05) is 18.2 Å². The molecule has 0 radical (unpaired) electrons. The zero-order chi connectivity index (χ0) is 13.5. The minimum absolute atomic E-state index is 0.0105. The third kappa shape index (κ3) is 5.23. The molecule has 1 aromatic rings. The maximum Gasteiger partial charge on any atom is 0.263 e. The first-order chi connectivity index (χ1) is 8.49. The highest BCUT2D eigenvalue weighted by atomic mass is 19.3. The number of benzene rings is 1. The zero-order valence-corrected chi connectivity index (χ0v) is 10.5. The average molecular weight is 256 g/mol. The van der Waals surface area contributed by atoms with Crippen LogP contribution in [0.1, 0.15) is 31.4 Å². The predicted molar refractivity (Wildman–Crippen MR) is 66.4 cm³/mol. The molecule has 100 valence electrons. The van der Waals surface area contributed by atoms with E-state index in [-0.39, 0.29) is 24.1 Å². The number of carbonyl (C=O) groups is 1. The third-order valence-electron chi connectivity index (χ3n) is 2.30. The largest absolute Gasteiger partial charge is 0.353 e. The zero-order valence-electron chi connectivity index (χ0n) is 10.5. The molecule has 0 aliphatic rings. The van der Waals surface area contributed by atoms with Crippen LogP contribution in [0.4, 0.5) is 8.78 Å². The number of halogens is 2. The van der Waals surface area contributed by atoms with Crippen molar-refractivity contribution in [1.29, 1.82) is 0 Å². The highest BCUT2D eigenvalue weighted by Gasteiger charge is 2.06. The standard InChI is InChI=1S/C13H18F2N2O/c1-9(2)17-12(18)8-16-7-10-3-5-11(6-4-10)13(14)15/h3-6,9,13,16H,7-8H2,1-2H3,(H,17,18). The third-order valence-corrected chi connectivity index (χ3v) is 2.30. The van der Waals surface area contributed by atoms with E-state index >= 15 is 0 Å². The minimum Gasteiger partial charge on any atom is -0.353 e. The van der Waals surface area contributed by atoms with E-state index < -0.39 is 6.43 Å². The molecule has 0 atom stereocenters. The molecule has 0 unspecified atom stereocenters. The molecule has 0 aliphatic carbocycles. The van der Waals surface area contributed by atoms with Gasteiger partial charge in [0.05, 0.1) is 6.54 Å². The molecule has 18 heavy (non-hydrogen) atoms. The van der Waals surface area contributed by atoms with Gasteiger partial charge in [0.25, 0.3) is 6.43 Å². The first-order valence-corrected chi connectivity index (χ1v) is 5.86. The van der Waals surface area contributed by atoms with Crippen molar-refractivity contribution < 1.29 is 13.6 Å². The summed E-state index contributed by atoms with van der Waals surface area (Å²) in [6.07, 6.45) is -2.44. The van der Waals surface area contributed by atoms with Gasteiger partial charge in [-0.25, -0.2) is 8.78 Å². The van der Waals surface area contributed by atoms with Crippen LogP contribution < -0.4 is 10.6 Å². The lowest BCUT2D eigenvalue weighted by molar-refractivity contribution is -0.120. The van der Waals surface area contributed by atoms with Crippen LogP contribution in [-0.2, 0) is 11.3 Å². The number of hydrogen-bond donors (Lipinski definition) is 2. The second kappa shape index (κ2) is 7.06. The smallest absolute Gasteiger partial charge is 0.263 e. The van der Waals surface area contributed by atoms with Crippen molar-refractivity contribution >= 4 is 5.91 Å². The van der Waals surface area contributed by atoms with Gasteiger partial charge < -0.3 is 10.6 Å². The Balaban J connectivity index is 2.33. The first-order valence-electron chi connectivity index (χ1n) is 5.86. The van der Waals surface area contributed by atoms with Gasteiger partial charge in [-0.3, -0.25) is 4.79 Å². The molecule has 5 heteroatoms. The average Bonchev–Trinajstić information content (AvgIpc) is 2.28. The van der Waals surface area contributed by atoms with Crippen molar-refractivity contribution in [3.8, 4) is 0 Å². The van der Waals surface area contributed by atoms with Gasteiger partial charge in [-0.2, -0.15) is 0 Å². The maximum atomic E-state index is 12.3. The Morgan fingerprint density at radius 3 is 2.33 bits per heavy atom. The Morgan fingerprint density at radius 2 is 1.83 bits per heavy atom. The molecule has 1 aromatic carbocycles. The summed E-state index contributed by atoms with van der Waals surface area (Å²) in [5.74, 6) is -0.0748. The summed E-state index contributed by atoms with van der Waals surface area (Å²) in [6, 6.07) is 6.18. The summed E-state index contributed by atoms with van der Waals surface area (Å²) in [5.41, 5.74) is 0.882. The van der Waals surface area contributed by atoms with Crippen molar-refractivity contribution in [3.63, 3.8) is 0 Å². The van der Waals surface area contributed by atoms with Gasteiger partial charge in [-0.05, 0) is 19.4 Å². The van der Waals surface area contributed by atoms with E-state index in [4.69, 9.17) is 0 Å². The lowest BCUT2D eigenvalue weighted by Gasteiger charge is -2.09. The van der Waals surface area contributed by atoms with Crippen molar-refractivity contribution in [1.82, 2.24) is 10.6 Å². The van der Waals surface area contributed by atoms with Gasteiger partial charge in [0.15, 0.2) is 0 Å². The summed E-state index contributed by atoms with van der Waals surface area (Å²) in [6.45, 7) is 4.48. The van der Waals surface area contributed by atoms with Crippen LogP contribution in [0.5, 0.6) is 0 Å². The quantitative estimate of drug-likeness (QED) is 0.819. The molecule has 0 heterocycles. The Hall–Kier alpha value is -1.49. The number of hydrogen-bond acceptors (Lipinski definition) is 2. The highest BCUT2D eigenvalue weighted by molar-refractivity contribution is 5.78. The summed E-state index contributed by atoms with van der Waals surface area (Å²) >= 11 is 0. The van der Waals surface area contributed by atoms with Crippen LogP contribution in [0.15, 0.2) is 24.3 Å². The molecule has 0 aliphatic heterocycles. The van der Waals surface area contributed by atoms with Crippen molar-refractivity contribution in [2.75, 3.05) is 6.54 Å². The molecule has 0 saturated heterocycles. The summed E-state index contributed by atoms with van der Waals surface area (Å²) in [7, 11) is 0. The monoisotopic (exact) mass is 256 g/mol. The Morgan fingerprint density at radius 1 is 1.22 bits per heavy atom. The number of alkyl halides is 2. The first kappa shape index (κ1) is 14.6. The van der Waals surface area contributed by atoms with Gasteiger partial charge in [-0.1, -0.05) is 24.3 Å². The molecule has 0 fully saturated rings. The maximum absolute atomic E-state index is 12.3. The fourth-order valence-electron chi connectivity index (χ4n) is 1.47. The molecule has 0 aromatic heterocycles. The minimum atomic E-state index is -2.44. The molecule has 1 rings (SSSR count). The molecular weight excluding hydrogens is 238 g/mol. The fraction of sp³-hybridized carbons (Fsp3) is 0.462. The molecule has 1 amide bonds. The molecular formula is C13H18F2N2O. The molecule has 0 saturated carbocycles. The molecule has 0 bridgehead atoms. The van der Waals surface area contributed by atoms with E-state index in [1.807, 2.05) is 13.8 Å². The van der Waals surface area contributed by atoms with Crippen molar-refractivity contribution in [3.05, 3.63) is 35.4 Å². The molecule has 0 spiro atoms.